The van der Waals surface area contributed by atoms with Gasteiger partial charge in [0.25, 0.3) is 0 Å². The van der Waals surface area contributed by atoms with Crippen molar-refractivity contribution in [3.05, 3.63) is 29.8 Å². The van der Waals surface area contributed by atoms with Crippen LogP contribution in [0, 0.1) is 0 Å². The molecule has 4 nitrogen and oxygen atoms in total. The Hall–Kier alpha value is -1.71. The molecule has 0 saturated heterocycles. The van der Waals surface area contributed by atoms with Gasteiger partial charge in [0.1, 0.15) is 12.4 Å². The Balaban J connectivity index is 2.56. The number of ether oxygens (including phenoxy) is 1. The van der Waals surface area contributed by atoms with E-state index in [4.69, 9.17) is 16.2 Å². The molecule has 0 aliphatic carbocycles. The first kappa shape index (κ1) is 12.4. The van der Waals surface area contributed by atoms with Crippen LogP contribution >= 0.6 is 0 Å². The lowest BCUT2D eigenvalue weighted by Crippen LogP contribution is -2.23. The number of hydrogen-bond donors (Lipinski definition) is 2. The van der Waals surface area contributed by atoms with Gasteiger partial charge in [-0.3, -0.25) is 4.99 Å². The highest BCUT2D eigenvalue weighted by Gasteiger charge is 2.05. The standard InChI is InChI=1S/C12H19N3O/c1-9(2)10-5-3-4-6-11(10)16-8-7-15-12(13)14/h3-6,9H,7-8H2,1-2H3,(H4,13,14,15). The lowest BCUT2D eigenvalue weighted by atomic mass is 10.0. The maximum absolute atomic E-state index is 5.63. The Morgan fingerprint density at radius 2 is 2.00 bits per heavy atom. The predicted octanol–water partition coefficient (Wildman–Crippen LogP) is 1.46. The molecule has 0 fully saturated rings. The van der Waals surface area contributed by atoms with Gasteiger partial charge in [-0.1, -0.05) is 32.0 Å². The highest BCUT2D eigenvalue weighted by Crippen LogP contribution is 2.25. The molecule has 1 aromatic carbocycles. The second-order valence-corrected chi connectivity index (χ2v) is 3.85. The molecule has 0 bridgehead atoms. The maximum atomic E-state index is 5.63. The average molecular weight is 221 g/mol. The molecule has 4 N–H and O–H groups in total. The molecule has 88 valence electrons. The van der Waals surface area contributed by atoms with Crippen LogP contribution in [0.15, 0.2) is 29.3 Å². The Labute approximate surface area is 96.3 Å². The summed E-state index contributed by atoms with van der Waals surface area (Å²) in [6, 6.07) is 8.01. The number of para-hydroxylation sites is 1. The minimum atomic E-state index is 0.0979. The van der Waals surface area contributed by atoms with Crippen LogP contribution in [0.4, 0.5) is 0 Å². The van der Waals surface area contributed by atoms with Crippen molar-refractivity contribution in [3.8, 4) is 5.75 Å². The van der Waals surface area contributed by atoms with Crippen LogP contribution in [0.3, 0.4) is 0 Å². The summed E-state index contributed by atoms with van der Waals surface area (Å²) in [5, 5.41) is 0. The number of aliphatic imine (C=N–C) groups is 1. The molecule has 0 heterocycles. The molecule has 0 atom stereocenters. The summed E-state index contributed by atoms with van der Waals surface area (Å²) in [6.07, 6.45) is 0. The first-order chi connectivity index (χ1) is 7.61. The van der Waals surface area contributed by atoms with E-state index in [2.05, 4.69) is 24.9 Å². The monoisotopic (exact) mass is 221 g/mol. The third kappa shape index (κ3) is 3.81. The second-order valence-electron chi connectivity index (χ2n) is 3.85. The van der Waals surface area contributed by atoms with Gasteiger partial charge in [0.2, 0.25) is 0 Å². The zero-order chi connectivity index (χ0) is 12.0. The number of nitrogens with two attached hydrogens (primary N) is 2. The van der Waals surface area contributed by atoms with Crippen molar-refractivity contribution < 1.29 is 4.74 Å². The van der Waals surface area contributed by atoms with Gasteiger partial charge in [-0.15, -0.1) is 0 Å². The third-order valence-corrected chi connectivity index (χ3v) is 2.18. The molecule has 0 radical (unpaired) electrons. The number of benzene rings is 1. The number of rotatable bonds is 5. The van der Waals surface area contributed by atoms with Crippen LogP contribution in [-0.4, -0.2) is 19.1 Å². The van der Waals surface area contributed by atoms with Crippen molar-refractivity contribution in [2.24, 2.45) is 16.5 Å². The Bertz CT molecular complexity index is 357. The van der Waals surface area contributed by atoms with E-state index >= 15 is 0 Å². The summed E-state index contributed by atoms with van der Waals surface area (Å²) in [5.41, 5.74) is 11.6. The van der Waals surface area contributed by atoms with Crippen molar-refractivity contribution in [2.75, 3.05) is 13.2 Å². The molecule has 16 heavy (non-hydrogen) atoms. The van der Waals surface area contributed by atoms with Gasteiger partial charge in [-0.2, -0.15) is 0 Å². The van der Waals surface area contributed by atoms with E-state index in [0.29, 0.717) is 19.1 Å². The van der Waals surface area contributed by atoms with Crippen molar-refractivity contribution in [3.63, 3.8) is 0 Å². The average Bonchev–Trinajstić information content (AvgIpc) is 2.24. The van der Waals surface area contributed by atoms with Crippen LogP contribution in [0.1, 0.15) is 25.3 Å². The van der Waals surface area contributed by atoms with Gasteiger partial charge >= 0.3 is 0 Å². The molecule has 1 aromatic rings. The number of guanidine groups is 1. The van der Waals surface area contributed by atoms with E-state index in [1.54, 1.807) is 0 Å². The molecule has 0 saturated carbocycles. The van der Waals surface area contributed by atoms with E-state index in [1.807, 2.05) is 18.2 Å². The molecular formula is C12H19N3O. The van der Waals surface area contributed by atoms with Gasteiger partial charge < -0.3 is 16.2 Å². The smallest absolute Gasteiger partial charge is 0.186 e. The van der Waals surface area contributed by atoms with Crippen molar-refractivity contribution in [1.29, 1.82) is 0 Å². The first-order valence-corrected chi connectivity index (χ1v) is 5.38. The Kier molecular flexibility index (Phi) is 4.64. The fourth-order valence-corrected chi connectivity index (χ4v) is 1.42. The van der Waals surface area contributed by atoms with Gasteiger partial charge in [0.15, 0.2) is 5.96 Å². The first-order valence-electron chi connectivity index (χ1n) is 5.38. The Morgan fingerprint density at radius 1 is 1.31 bits per heavy atom. The topological polar surface area (TPSA) is 73.6 Å². The lowest BCUT2D eigenvalue weighted by Gasteiger charge is -2.12. The molecule has 4 heteroatoms. The van der Waals surface area contributed by atoms with E-state index in [0.717, 1.165) is 5.75 Å². The largest absolute Gasteiger partial charge is 0.491 e. The molecule has 0 unspecified atom stereocenters. The van der Waals surface area contributed by atoms with Gasteiger partial charge in [-0.25, -0.2) is 0 Å². The minimum Gasteiger partial charge on any atom is -0.491 e. The fourth-order valence-electron chi connectivity index (χ4n) is 1.42. The van der Waals surface area contributed by atoms with E-state index in [-0.39, 0.29) is 5.96 Å². The van der Waals surface area contributed by atoms with Gasteiger partial charge in [0, 0.05) is 0 Å². The second kappa shape index (κ2) is 6.00. The predicted molar refractivity (Wildman–Crippen MR) is 66.7 cm³/mol. The van der Waals surface area contributed by atoms with Crippen molar-refractivity contribution >= 4 is 5.96 Å². The zero-order valence-corrected chi connectivity index (χ0v) is 9.81. The highest BCUT2D eigenvalue weighted by molar-refractivity contribution is 5.75. The summed E-state index contributed by atoms with van der Waals surface area (Å²) in [4.78, 5) is 3.86. The quantitative estimate of drug-likeness (QED) is 0.449. The maximum Gasteiger partial charge on any atom is 0.186 e. The van der Waals surface area contributed by atoms with Crippen LogP contribution < -0.4 is 16.2 Å². The normalized spacial score (nSPS) is 10.2. The molecule has 0 aliphatic rings. The lowest BCUT2D eigenvalue weighted by molar-refractivity contribution is 0.324. The summed E-state index contributed by atoms with van der Waals surface area (Å²) in [6.45, 7) is 5.24. The summed E-state index contributed by atoms with van der Waals surface area (Å²) in [7, 11) is 0. The fraction of sp³-hybridized carbons (Fsp3) is 0.417. The van der Waals surface area contributed by atoms with Crippen LogP contribution in [0.25, 0.3) is 0 Å². The van der Waals surface area contributed by atoms with Crippen LogP contribution in [0.5, 0.6) is 5.75 Å². The molecule has 0 amide bonds. The summed E-state index contributed by atoms with van der Waals surface area (Å²) < 4.78 is 5.63. The van der Waals surface area contributed by atoms with Gasteiger partial charge in [0.05, 0.1) is 6.54 Å². The van der Waals surface area contributed by atoms with E-state index < -0.39 is 0 Å². The Morgan fingerprint density at radius 3 is 2.62 bits per heavy atom. The van der Waals surface area contributed by atoms with Crippen molar-refractivity contribution in [1.82, 2.24) is 0 Å². The van der Waals surface area contributed by atoms with E-state index in [1.165, 1.54) is 5.56 Å². The summed E-state index contributed by atoms with van der Waals surface area (Å²) >= 11 is 0. The van der Waals surface area contributed by atoms with Gasteiger partial charge in [-0.05, 0) is 17.5 Å². The highest BCUT2D eigenvalue weighted by atomic mass is 16.5. The minimum absolute atomic E-state index is 0.0979. The zero-order valence-electron chi connectivity index (χ0n) is 9.81. The molecule has 0 spiro atoms. The third-order valence-electron chi connectivity index (χ3n) is 2.18. The SMILES string of the molecule is CC(C)c1ccccc1OCCN=C(N)N. The van der Waals surface area contributed by atoms with Crippen molar-refractivity contribution in [2.45, 2.75) is 19.8 Å². The summed E-state index contributed by atoms with van der Waals surface area (Å²) in [5.74, 6) is 1.45. The van der Waals surface area contributed by atoms with Crippen LogP contribution in [0.2, 0.25) is 0 Å². The number of hydrogen-bond acceptors (Lipinski definition) is 2. The number of nitrogens with zero attached hydrogens (tertiary/aromatic N) is 1. The molecule has 1 rings (SSSR count). The van der Waals surface area contributed by atoms with E-state index in [9.17, 15) is 0 Å². The molecular weight excluding hydrogens is 202 g/mol. The molecule has 0 aromatic heterocycles. The van der Waals surface area contributed by atoms with Crippen LogP contribution in [-0.2, 0) is 0 Å². The molecule has 0 aliphatic heterocycles.